The van der Waals surface area contributed by atoms with Crippen LogP contribution in [0.5, 0.6) is 0 Å². The zero-order valence-corrected chi connectivity index (χ0v) is 7.85. The highest BCUT2D eigenvalue weighted by atomic mass is 16.2. The third-order valence-electron chi connectivity index (χ3n) is 1.60. The van der Waals surface area contributed by atoms with Crippen molar-refractivity contribution in [3.05, 3.63) is 0 Å². The van der Waals surface area contributed by atoms with E-state index in [0.29, 0.717) is 0 Å². The largest absolute Gasteiger partial charge is 0.347 e. The zero-order chi connectivity index (χ0) is 8.85. The number of likely N-dealkylation sites (N-methyl/N-ethyl adjacent to an activating group) is 2. The summed E-state index contributed by atoms with van der Waals surface area (Å²) in [5.41, 5.74) is 0. The standard InChI is InChI=1S/C8H18N2O/c1-5-7(9-6-2)8(11)10(3)4/h7,9H,5-6H2,1-4H3. The summed E-state index contributed by atoms with van der Waals surface area (Å²) in [5, 5.41) is 3.12. The second-order valence-corrected chi connectivity index (χ2v) is 2.75. The Balaban J connectivity index is 3.92. The lowest BCUT2D eigenvalue weighted by Crippen LogP contribution is -2.43. The van der Waals surface area contributed by atoms with Crippen LogP contribution in [0.15, 0.2) is 0 Å². The summed E-state index contributed by atoms with van der Waals surface area (Å²) in [6.07, 6.45) is 0.852. The molecule has 1 N–H and O–H groups in total. The molecular weight excluding hydrogens is 140 g/mol. The van der Waals surface area contributed by atoms with Crippen LogP contribution in [0.2, 0.25) is 0 Å². The molecule has 0 aliphatic carbocycles. The number of hydrogen-bond acceptors (Lipinski definition) is 2. The molecule has 0 saturated heterocycles. The van der Waals surface area contributed by atoms with Crippen LogP contribution in [0.3, 0.4) is 0 Å². The van der Waals surface area contributed by atoms with Gasteiger partial charge in [0, 0.05) is 14.1 Å². The Bertz CT molecular complexity index is 123. The fourth-order valence-electron chi connectivity index (χ4n) is 0.964. The maximum absolute atomic E-state index is 11.3. The molecule has 0 aliphatic rings. The molecule has 0 bridgehead atoms. The van der Waals surface area contributed by atoms with Crippen LogP contribution >= 0.6 is 0 Å². The van der Waals surface area contributed by atoms with E-state index in [-0.39, 0.29) is 11.9 Å². The first-order valence-corrected chi connectivity index (χ1v) is 4.08. The fourth-order valence-corrected chi connectivity index (χ4v) is 0.964. The Labute approximate surface area is 68.8 Å². The number of carbonyl (C=O) groups excluding carboxylic acids is 1. The molecule has 0 fully saturated rings. The van der Waals surface area contributed by atoms with Gasteiger partial charge in [0.2, 0.25) is 5.91 Å². The molecule has 3 nitrogen and oxygen atoms in total. The topological polar surface area (TPSA) is 32.3 Å². The van der Waals surface area contributed by atoms with E-state index in [1.807, 2.05) is 13.8 Å². The first kappa shape index (κ1) is 10.4. The van der Waals surface area contributed by atoms with Crippen LogP contribution in [0, 0.1) is 0 Å². The number of hydrogen-bond donors (Lipinski definition) is 1. The Morgan fingerprint density at radius 1 is 1.45 bits per heavy atom. The first-order valence-electron chi connectivity index (χ1n) is 4.08. The summed E-state index contributed by atoms with van der Waals surface area (Å²) >= 11 is 0. The van der Waals surface area contributed by atoms with Crippen molar-refractivity contribution in [2.45, 2.75) is 26.3 Å². The van der Waals surface area contributed by atoms with Gasteiger partial charge in [0.25, 0.3) is 0 Å². The number of nitrogens with one attached hydrogen (secondary N) is 1. The summed E-state index contributed by atoms with van der Waals surface area (Å²) in [4.78, 5) is 12.9. The molecule has 1 unspecified atom stereocenters. The third kappa shape index (κ3) is 3.37. The van der Waals surface area contributed by atoms with Gasteiger partial charge >= 0.3 is 0 Å². The van der Waals surface area contributed by atoms with Crippen LogP contribution in [0.4, 0.5) is 0 Å². The van der Waals surface area contributed by atoms with E-state index in [0.717, 1.165) is 13.0 Å². The van der Waals surface area contributed by atoms with Crippen LogP contribution < -0.4 is 5.32 Å². The molecule has 3 heteroatoms. The summed E-state index contributed by atoms with van der Waals surface area (Å²) in [6.45, 7) is 4.86. The van der Waals surface area contributed by atoms with Crippen LogP contribution in [-0.2, 0) is 4.79 Å². The van der Waals surface area contributed by atoms with Crippen molar-refractivity contribution in [1.29, 1.82) is 0 Å². The summed E-state index contributed by atoms with van der Waals surface area (Å²) in [7, 11) is 3.56. The van der Waals surface area contributed by atoms with E-state index in [1.165, 1.54) is 0 Å². The smallest absolute Gasteiger partial charge is 0.239 e. The molecule has 0 saturated carbocycles. The van der Waals surface area contributed by atoms with Crippen LogP contribution in [0.25, 0.3) is 0 Å². The predicted octanol–water partition coefficient (Wildman–Crippen LogP) is 0.463. The molecule has 0 rings (SSSR count). The van der Waals surface area contributed by atoms with Crippen molar-refractivity contribution in [1.82, 2.24) is 10.2 Å². The molecule has 0 aromatic heterocycles. The van der Waals surface area contributed by atoms with Gasteiger partial charge in [-0.2, -0.15) is 0 Å². The molecule has 0 aromatic carbocycles. The molecule has 1 amide bonds. The van der Waals surface area contributed by atoms with Gasteiger partial charge < -0.3 is 10.2 Å². The average molecular weight is 158 g/mol. The van der Waals surface area contributed by atoms with Crippen LogP contribution in [-0.4, -0.2) is 37.5 Å². The van der Waals surface area contributed by atoms with Crippen molar-refractivity contribution in [3.8, 4) is 0 Å². The van der Waals surface area contributed by atoms with Crippen molar-refractivity contribution in [2.24, 2.45) is 0 Å². The van der Waals surface area contributed by atoms with Gasteiger partial charge in [0.05, 0.1) is 6.04 Å². The Morgan fingerprint density at radius 3 is 2.27 bits per heavy atom. The van der Waals surface area contributed by atoms with Crippen molar-refractivity contribution >= 4 is 5.91 Å². The second kappa shape index (κ2) is 5.13. The fraction of sp³-hybridized carbons (Fsp3) is 0.875. The quantitative estimate of drug-likeness (QED) is 0.644. The van der Waals surface area contributed by atoms with E-state index in [2.05, 4.69) is 5.32 Å². The maximum Gasteiger partial charge on any atom is 0.239 e. The minimum absolute atomic E-state index is 0.00463. The number of nitrogens with zero attached hydrogens (tertiary/aromatic N) is 1. The normalized spacial score (nSPS) is 12.7. The number of carbonyl (C=O) groups is 1. The molecule has 0 heterocycles. The minimum Gasteiger partial charge on any atom is -0.347 e. The van der Waals surface area contributed by atoms with Gasteiger partial charge in [-0.1, -0.05) is 13.8 Å². The Morgan fingerprint density at radius 2 is 2.00 bits per heavy atom. The van der Waals surface area contributed by atoms with Crippen molar-refractivity contribution in [3.63, 3.8) is 0 Å². The number of rotatable bonds is 4. The lowest BCUT2D eigenvalue weighted by atomic mass is 10.2. The molecule has 0 spiro atoms. The highest BCUT2D eigenvalue weighted by Crippen LogP contribution is 1.94. The zero-order valence-electron chi connectivity index (χ0n) is 7.85. The second-order valence-electron chi connectivity index (χ2n) is 2.75. The molecule has 66 valence electrons. The van der Waals surface area contributed by atoms with Gasteiger partial charge in [-0.05, 0) is 13.0 Å². The van der Waals surface area contributed by atoms with E-state index in [9.17, 15) is 4.79 Å². The van der Waals surface area contributed by atoms with E-state index >= 15 is 0 Å². The summed E-state index contributed by atoms with van der Waals surface area (Å²) < 4.78 is 0. The van der Waals surface area contributed by atoms with E-state index in [4.69, 9.17) is 0 Å². The van der Waals surface area contributed by atoms with Crippen molar-refractivity contribution < 1.29 is 4.79 Å². The average Bonchev–Trinajstić information content (AvgIpc) is 1.98. The highest BCUT2D eigenvalue weighted by molar-refractivity contribution is 5.81. The molecule has 0 aliphatic heterocycles. The molecular formula is C8H18N2O. The lowest BCUT2D eigenvalue weighted by Gasteiger charge is -2.19. The molecule has 1 atom stereocenters. The maximum atomic E-state index is 11.3. The third-order valence-corrected chi connectivity index (χ3v) is 1.60. The van der Waals surface area contributed by atoms with Crippen molar-refractivity contribution in [2.75, 3.05) is 20.6 Å². The number of amides is 1. The predicted molar refractivity (Wildman–Crippen MR) is 46.4 cm³/mol. The van der Waals surface area contributed by atoms with Gasteiger partial charge in [0.15, 0.2) is 0 Å². The molecule has 11 heavy (non-hydrogen) atoms. The molecule has 0 aromatic rings. The van der Waals surface area contributed by atoms with Crippen LogP contribution in [0.1, 0.15) is 20.3 Å². The summed E-state index contributed by atoms with van der Waals surface area (Å²) in [5.74, 6) is 0.161. The van der Waals surface area contributed by atoms with Gasteiger partial charge in [0.1, 0.15) is 0 Å². The van der Waals surface area contributed by atoms with E-state index in [1.54, 1.807) is 19.0 Å². The first-order chi connectivity index (χ1) is 5.13. The Hall–Kier alpha value is -0.570. The monoisotopic (exact) mass is 158 g/mol. The van der Waals surface area contributed by atoms with Gasteiger partial charge in [-0.3, -0.25) is 4.79 Å². The van der Waals surface area contributed by atoms with Gasteiger partial charge in [-0.15, -0.1) is 0 Å². The van der Waals surface area contributed by atoms with Gasteiger partial charge in [-0.25, -0.2) is 0 Å². The molecule has 0 radical (unpaired) electrons. The SMILES string of the molecule is CCNC(CC)C(=O)N(C)C. The van der Waals surface area contributed by atoms with E-state index < -0.39 is 0 Å². The minimum atomic E-state index is -0.00463. The lowest BCUT2D eigenvalue weighted by molar-refractivity contribution is -0.130. The Kier molecular flexibility index (Phi) is 4.86. The highest BCUT2D eigenvalue weighted by Gasteiger charge is 2.15. The summed E-state index contributed by atoms with van der Waals surface area (Å²) in [6, 6.07) is -0.00463.